The SMILES string of the molecule is Cc1c(Cl)nnc(Nc2cc(Cl)c(Cl)cc2Cl)c1C. The maximum Gasteiger partial charge on any atom is 0.156 e. The minimum absolute atomic E-state index is 0.378. The predicted molar refractivity (Wildman–Crippen MR) is 81.3 cm³/mol. The highest BCUT2D eigenvalue weighted by molar-refractivity contribution is 6.44. The smallest absolute Gasteiger partial charge is 0.156 e. The van der Waals surface area contributed by atoms with Crippen LogP contribution < -0.4 is 5.32 Å². The fraction of sp³-hybridized carbons (Fsp3) is 0.167. The number of rotatable bonds is 2. The van der Waals surface area contributed by atoms with Crippen molar-refractivity contribution in [2.24, 2.45) is 0 Å². The summed E-state index contributed by atoms with van der Waals surface area (Å²) in [5, 5.41) is 12.6. The van der Waals surface area contributed by atoms with Crippen molar-refractivity contribution < 1.29 is 0 Å². The number of anilines is 2. The van der Waals surface area contributed by atoms with E-state index >= 15 is 0 Å². The summed E-state index contributed by atoms with van der Waals surface area (Å²) in [6.07, 6.45) is 0. The second kappa shape index (κ2) is 5.71. The number of hydrogen-bond acceptors (Lipinski definition) is 3. The topological polar surface area (TPSA) is 37.8 Å². The van der Waals surface area contributed by atoms with Crippen LogP contribution in [0.2, 0.25) is 20.2 Å². The van der Waals surface area contributed by atoms with Gasteiger partial charge in [-0.1, -0.05) is 46.4 Å². The zero-order valence-corrected chi connectivity index (χ0v) is 13.1. The minimum atomic E-state index is 0.378. The lowest BCUT2D eigenvalue weighted by atomic mass is 10.2. The maximum atomic E-state index is 6.09. The summed E-state index contributed by atoms with van der Waals surface area (Å²) in [5.41, 5.74) is 2.35. The Morgan fingerprint density at radius 3 is 2.16 bits per heavy atom. The number of nitrogens with zero attached hydrogens (tertiary/aromatic N) is 2. The van der Waals surface area contributed by atoms with Gasteiger partial charge < -0.3 is 5.32 Å². The first kappa shape index (κ1) is 14.7. The molecule has 0 aliphatic rings. The highest BCUT2D eigenvalue weighted by Crippen LogP contribution is 2.34. The quantitative estimate of drug-likeness (QED) is 0.741. The lowest BCUT2D eigenvalue weighted by Crippen LogP contribution is -2.01. The summed E-state index contributed by atoms with van der Waals surface area (Å²) < 4.78 is 0. The van der Waals surface area contributed by atoms with Crippen molar-refractivity contribution in [2.75, 3.05) is 5.32 Å². The summed E-state index contributed by atoms with van der Waals surface area (Å²) in [5.74, 6) is 0.571. The second-order valence-electron chi connectivity index (χ2n) is 3.96. The summed E-state index contributed by atoms with van der Waals surface area (Å²) in [6, 6.07) is 3.20. The molecule has 2 aromatic rings. The van der Waals surface area contributed by atoms with Crippen molar-refractivity contribution in [2.45, 2.75) is 13.8 Å². The number of benzene rings is 1. The van der Waals surface area contributed by atoms with E-state index in [4.69, 9.17) is 46.4 Å². The van der Waals surface area contributed by atoms with E-state index in [1.807, 2.05) is 13.8 Å². The molecular formula is C12H9Cl4N3. The zero-order valence-electron chi connectivity index (χ0n) is 10.1. The fourth-order valence-electron chi connectivity index (χ4n) is 1.44. The van der Waals surface area contributed by atoms with Crippen LogP contribution in [0, 0.1) is 13.8 Å². The lowest BCUT2D eigenvalue weighted by Gasteiger charge is -2.12. The molecule has 100 valence electrons. The molecule has 2 rings (SSSR count). The third kappa shape index (κ3) is 3.06. The Balaban J connectivity index is 2.42. The van der Waals surface area contributed by atoms with Gasteiger partial charge in [0.15, 0.2) is 11.0 Å². The molecule has 0 aliphatic carbocycles. The molecule has 3 nitrogen and oxygen atoms in total. The molecule has 0 amide bonds. The van der Waals surface area contributed by atoms with Crippen molar-refractivity contribution in [1.82, 2.24) is 10.2 Å². The average Bonchev–Trinajstić information content (AvgIpc) is 2.36. The highest BCUT2D eigenvalue weighted by Gasteiger charge is 2.11. The Hall–Kier alpha value is -0.740. The summed E-state index contributed by atoms with van der Waals surface area (Å²) in [6.45, 7) is 3.76. The van der Waals surface area contributed by atoms with Gasteiger partial charge in [0.2, 0.25) is 0 Å². The maximum absolute atomic E-state index is 6.09. The summed E-state index contributed by atoms with van der Waals surface area (Å²) in [7, 11) is 0. The molecule has 0 saturated carbocycles. The van der Waals surface area contributed by atoms with Crippen LogP contribution in [0.5, 0.6) is 0 Å². The monoisotopic (exact) mass is 335 g/mol. The van der Waals surface area contributed by atoms with Crippen LogP contribution in [0.15, 0.2) is 12.1 Å². The second-order valence-corrected chi connectivity index (χ2v) is 5.54. The molecule has 1 aromatic carbocycles. The van der Waals surface area contributed by atoms with E-state index in [-0.39, 0.29) is 0 Å². The van der Waals surface area contributed by atoms with Crippen molar-refractivity contribution in [3.63, 3.8) is 0 Å². The van der Waals surface area contributed by atoms with Gasteiger partial charge in [-0.15, -0.1) is 10.2 Å². The standard InChI is InChI=1S/C12H9Cl4N3/c1-5-6(2)12(19-18-11(5)16)17-10-4-8(14)7(13)3-9(10)15/h3-4H,1-2H3,(H,17,19). The van der Waals surface area contributed by atoms with E-state index in [2.05, 4.69) is 15.5 Å². The van der Waals surface area contributed by atoms with Crippen LogP contribution in [0.25, 0.3) is 0 Å². The first-order valence-electron chi connectivity index (χ1n) is 5.31. The molecule has 1 aromatic heterocycles. The van der Waals surface area contributed by atoms with Crippen LogP contribution in [-0.4, -0.2) is 10.2 Å². The van der Waals surface area contributed by atoms with E-state index in [1.165, 1.54) is 0 Å². The van der Waals surface area contributed by atoms with Crippen molar-refractivity contribution in [1.29, 1.82) is 0 Å². The van der Waals surface area contributed by atoms with Crippen LogP contribution in [0.1, 0.15) is 11.1 Å². The van der Waals surface area contributed by atoms with E-state index in [1.54, 1.807) is 12.1 Å². The van der Waals surface area contributed by atoms with Crippen molar-refractivity contribution in [3.8, 4) is 0 Å². The molecule has 7 heteroatoms. The van der Waals surface area contributed by atoms with Crippen LogP contribution >= 0.6 is 46.4 Å². The first-order valence-corrected chi connectivity index (χ1v) is 6.82. The van der Waals surface area contributed by atoms with Gasteiger partial charge in [0.05, 0.1) is 20.8 Å². The Morgan fingerprint density at radius 1 is 0.842 bits per heavy atom. The normalized spacial score (nSPS) is 10.6. The lowest BCUT2D eigenvalue weighted by molar-refractivity contribution is 1.00. The Kier molecular flexibility index (Phi) is 4.41. The Morgan fingerprint density at radius 2 is 1.47 bits per heavy atom. The van der Waals surface area contributed by atoms with Gasteiger partial charge in [-0.2, -0.15) is 0 Å². The van der Waals surface area contributed by atoms with Crippen LogP contribution in [0.3, 0.4) is 0 Å². The largest absolute Gasteiger partial charge is 0.337 e. The molecule has 0 bridgehead atoms. The molecule has 0 atom stereocenters. The van der Waals surface area contributed by atoms with Gasteiger partial charge in [-0.05, 0) is 37.1 Å². The van der Waals surface area contributed by atoms with Gasteiger partial charge >= 0.3 is 0 Å². The number of nitrogens with one attached hydrogen (secondary N) is 1. The van der Waals surface area contributed by atoms with Crippen molar-refractivity contribution in [3.05, 3.63) is 43.5 Å². The van der Waals surface area contributed by atoms with Crippen molar-refractivity contribution >= 4 is 57.9 Å². The van der Waals surface area contributed by atoms with E-state index in [0.29, 0.717) is 31.7 Å². The molecule has 19 heavy (non-hydrogen) atoms. The summed E-state index contributed by atoms with van der Waals surface area (Å²) >= 11 is 23.8. The van der Waals surface area contributed by atoms with Crippen LogP contribution in [0.4, 0.5) is 11.5 Å². The van der Waals surface area contributed by atoms with Gasteiger partial charge in [0.1, 0.15) is 0 Å². The molecule has 1 N–H and O–H groups in total. The fourth-order valence-corrected chi connectivity index (χ4v) is 2.21. The van der Waals surface area contributed by atoms with Gasteiger partial charge in [0.25, 0.3) is 0 Å². The highest BCUT2D eigenvalue weighted by atomic mass is 35.5. The molecule has 0 fully saturated rings. The third-order valence-corrected chi connectivity index (χ3v) is 4.12. The van der Waals surface area contributed by atoms with Gasteiger partial charge in [-0.25, -0.2) is 0 Å². The van der Waals surface area contributed by atoms with Gasteiger partial charge in [-0.3, -0.25) is 0 Å². The van der Waals surface area contributed by atoms with E-state index in [9.17, 15) is 0 Å². The molecule has 1 heterocycles. The molecule has 0 saturated heterocycles. The molecule has 0 radical (unpaired) electrons. The van der Waals surface area contributed by atoms with Gasteiger partial charge in [0, 0.05) is 0 Å². The predicted octanol–water partition coefficient (Wildman–Crippen LogP) is 5.45. The first-order chi connectivity index (χ1) is 8.90. The summed E-state index contributed by atoms with van der Waals surface area (Å²) in [4.78, 5) is 0. The number of aromatic nitrogens is 2. The Bertz CT molecular complexity index is 643. The number of halogens is 4. The van der Waals surface area contributed by atoms with E-state index in [0.717, 1.165) is 11.1 Å². The average molecular weight is 337 g/mol. The minimum Gasteiger partial charge on any atom is -0.337 e. The molecular weight excluding hydrogens is 328 g/mol. The molecule has 0 aliphatic heterocycles. The Labute approximate surface area is 130 Å². The zero-order chi connectivity index (χ0) is 14.2. The third-order valence-electron chi connectivity index (χ3n) is 2.73. The number of hydrogen-bond donors (Lipinski definition) is 1. The van der Waals surface area contributed by atoms with Crippen LogP contribution in [-0.2, 0) is 0 Å². The van der Waals surface area contributed by atoms with E-state index < -0.39 is 0 Å². The molecule has 0 spiro atoms. The molecule has 0 unspecified atom stereocenters.